The molecule has 1 aliphatic carbocycles. The minimum atomic E-state index is -0.846. The zero-order valence-electron chi connectivity index (χ0n) is 17.2. The highest BCUT2D eigenvalue weighted by atomic mass is 19.1. The summed E-state index contributed by atoms with van der Waals surface area (Å²) in [5.74, 6) is -0.501. The van der Waals surface area contributed by atoms with Crippen LogP contribution in [-0.4, -0.2) is 25.8 Å². The van der Waals surface area contributed by atoms with Crippen molar-refractivity contribution < 1.29 is 18.1 Å². The summed E-state index contributed by atoms with van der Waals surface area (Å²) in [5, 5.41) is 10.9. The standard InChI is InChI=1S/C23H19F2N5O2/c1-13-18(22(31)26-20-10-7-16(24)11-19(20)25)12-30(28-13)17-8-5-14(6-9-17)21-27-23(32-29-21)15-3-2-4-15/h5-12,15H,2-4H2,1H3,(H,26,31). The van der Waals surface area contributed by atoms with E-state index in [1.165, 1.54) is 12.5 Å². The molecule has 0 aliphatic heterocycles. The van der Waals surface area contributed by atoms with Gasteiger partial charge in [0.2, 0.25) is 11.7 Å². The van der Waals surface area contributed by atoms with Crippen molar-refractivity contribution in [2.75, 3.05) is 5.32 Å². The van der Waals surface area contributed by atoms with Crippen LogP contribution in [0.4, 0.5) is 14.5 Å². The number of carbonyl (C=O) groups excluding carboxylic acids is 1. The third kappa shape index (κ3) is 3.77. The van der Waals surface area contributed by atoms with E-state index in [4.69, 9.17) is 4.52 Å². The number of halogens is 2. The van der Waals surface area contributed by atoms with Crippen molar-refractivity contribution in [3.63, 3.8) is 0 Å². The monoisotopic (exact) mass is 435 g/mol. The van der Waals surface area contributed by atoms with Crippen LogP contribution in [-0.2, 0) is 0 Å². The third-order valence-electron chi connectivity index (χ3n) is 5.61. The second kappa shape index (κ2) is 7.99. The van der Waals surface area contributed by atoms with Gasteiger partial charge in [-0.1, -0.05) is 11.6 Å². The van der Waals surface area contributed by atoms with Gasteiger partial charge in [-0.3, -0.25) is 4.79 Å². The van der Waals surface area contributed by atoms with Crippen molar-refractivity contribution in [1.29, 1.82) is 0 Å². The summed E-state index contributed by atoms with van der Waals surface area (Å²) < 4.78 is 33.9. The van der Waals surface area contributed by atoms with E-state index in [9.17, 15) is 13.6 Å². The topological polar surface area (TPSA) is 85.8 Å². The van der Waals surface area contributed by atoms with E-state index in [1.54, 1.807) is 17.8 Å². The highest BCUT2D eigenvalue weighted by molar-refractivity contribution is 6.05. The normalized spacial score (nSPS) is 13.7. The van der Waals surface area contributed by atoms with Crippen LogP contribution in [0.5, 0.6) is 0 Å². The van der Waals surface area contributed by atoms with Crippen LogP contribution in [0.1, 0.15) is 47.1 Å². The Bertz CT molecular complexity index is 1290. The Labute approximate surface area is 182 Å². The van der Waals surface area contributed by atoms with Crippen molar-refractivity contribution in [1.82, 2.24) is 19.9 Å². The van der Waals surface area contributed by atoms with E-state index in [2.05, 4.69) is 20.6 Å². The quantitative estimate of drug-likeness (QED) is 0.475. The van der Waals surface area contributed by atoms with Crippen LogP contribution in [0.15, 0.2) is 53.2 Å². The number of nitrogens with zero attached hydrogens (tertiary/aromatic N) is 4. The molecule has 0 bridgehead atoms. The molecule has 162 valence electrons. The minimum absolute atomic E-state index is 0.103. The molecule has 2 aromatic heterocycles. The number of hydrogen-bond donors (Lipinski definition) is 1. The summed E-state index contributed by atoms with van der Waals surface area (Å²) in [6.07, 6.45) is 4.93. The second-order valence-electron chi connectivity index (χ2n) is 7.78. The first kappa shape index (κ1) is 20.0. The Morgan fingerprint density at radius 3 is 2.62 bits per heavy atom. The summed E-state index contributed by atoms with van der Waals surface area (Å²) in [6, 6.07) is 10.4. The molecule has 0 atom stereocenters. The zero-order chi connectivity index (χ0) is 22.2. The Kier molecular flexibility index (Phi) is 5.01. The van der Waals surface area contributed by atoms with Gasteiger partial charge in [0.25, 0.3) is 5.91 Å². The predicted octanol–water partition coefficient (Wildman–Crippen LogP) is 5.03. The van der Waals surface area contributed by atoms with Gasteiger partial charge in [-0.25, -0.2) is 13.5 Å². The van der Waals surface area contributed by atoms with Gasteiger partial charge >= 0.3 is 0 Å². The molecule has 1 aliphatic rings. The maximum atomic E-state index is 13.9. The number of aromatic nitrogens is 4. The van der Waals surface area contributed by atoms with Gasteiger partial charge < -0.3 is 9.84 Å². The first-order valence-corrected chi connectivity index (χ1v) is 10.2. The lowest BCUT2D eigenvalue weighted by molar-refractivity contribution is 0.102. The number of anilines is 1. The Morgan fingerprint density at radius 1 is 1.16 bits per heavy atom. The van der Waals surface area contributed by atoms with Crippen LogP contribution in [0, 0.1) is 18.6 Å². The average molecular weight is 435 g/mol. The summed E-state index contributed by atoms with van der Waals surface area (Å²) in [6.45, 7) is 1.68. The Hall–Kier alpha value is -3.88. The number of nitrogens with one attached hydrogen (secondary N) is 1. The van der Waals surface area contributed by atoms with Gasteiger partial charge in [0.15, 0.2) is 0 Å². The van der Waals surface area contributed by atoms with Crippen LogP contribution < -0.4 is 5.32 Å². The molecule has 2 heterocycles. The van der Waals surface area contributed by atoms with Gasteiger partial charge in [0.1, 0.15) is 11.6 Å². The lowest BCUT2D eigenvalue weighted by Gasteiger charge is -2.20. The lowest BCUT2D eigenvalue weighted by Crippen LogP contribution is -2.13. The van der Waals surface area contributed by atoms with E-state index in [1.807, 2.05) is 24.3 Å². The fourth-order valence-electron chi connectivity index (χ4n) is 3.53. The van der Waals surface area contributed by atoms with E-state index in [0.29, 0.717) is 29.4 Å². The molecule has 1 fully saturated rings. The first-order valence-electron chi connectivity index (χ1n) is 10.2. The molecule has 5 rings (SSSR count). The van der Waals surface area contributed by atoms with Crippen molar-refractivity contribution in [3.8, 4) is 17.1 Å². The molecule has 32 heavy (non-hydrogen) atoms. The summed E-state index contributed by atoms with van der Waals surface area (Å²) in [7, 11) is 0. The molecule has 7 nitrogen and oxygen atoms in total. The molecule has 0 radical (unpaired) electrons. The second-order valence-corrected chi connectivity index (χ2v) is 7.78. The largest absolute Gasteiger partial charge is 0.339 e. The Morgan fingerprint density at radius 2 is 1.94 bits per heavy atom. The highest BCUT2D eigenvalue weighted by Gasteiger charge is 2.25. The number of amides is 1. The van der Waals surface area contributed by atoms with Crippen molar-refractivity contribution in [3.05, 3.63) is 77.4 Å². The number of rotatable bonds is 5. The molecule has 1 amide bonds. The van der Waals surface area contributed by atoms with E-state index in [0.717, 1.165) is 30.2 Å². The zero-order valence-corrected chi connectivity index (χ0v) is 17.2. The molecule has 1 saturated carbocycles. The summed E-state index contributed by atoms with van der Waals surface area (Å²) >= 11 is 0. The molecule has 0 spiro atoms. The lowest BCUT2D eigenvalue weighted by atomic mass is 9.85. The van der Waals surface area contributed by atoms with Crippen molar-refractivity contribution in [2.24, 2.45) is 0 Å². The molecule has 1 N–H and O–H groups in total. The van der Waals surface area contributed by atoms with Crippen LogP contribution >= 0.6 is 0 Å². The minimum Gasteiger partial charge on any atom is -0.339 e. The SMILES string of the molecule is Cc1nn(-c2ccc(-c3noc(C4CCC4)n3)cc2)cc1C(=O)Nc1ccc(F)cc1F. The molecule has 0 saturated heterocycles. The third-order valence-corrected chi connectivity index (χ3v) is 5.61. The number of carbonyl (C=O) groups is 1. The molecule has 2 aromatic carbocycles. The fraction of sp³-hybridized carbons (Fsp3) is 0.217. The maximum absolute atomic E-state index is 13.9. The summed E-state index contributed by atoms with van der Waals surface area (Å²) in [5.41, 5.74) is 2.19. The Balaban J connectivity index is 1.33. The fourth-order valence-corrected chi connectivity index (χ4v) is 3.53. The predicted molar refractivity (Wildman–Crippen MR) is 112 cm³/mol. The van der Waals surface area contributed by atoms with Crippen LogP contribution in [0.3, 0.4) is 0 Å². The van der Waals surface area contributed by atoms with E-state index >= 15 is 0 Å². The number of aryl methyl sites for hydroxylation is 1. The first-order chi connectivity index (χ1) is 15.5. The van der Waals surface area contributed by atoms with E-state index in [-0.39, 0.29) is 11.3 Å². The molecule has 9 heteroatoms. The molecule has 4 aromatic rings. The van der Waals surface area contributed by atoms with E-state index < -0.39 is 17.5 Å². The number of hydrogen-bond acceptors (Lipinski definition) is 5. The maximum Gasteiger partial charge on any atom is 0.259 e. The molecule has 0 unspecified atom stereocenters. The molecular weight excluding hydrogens is 416 g/mol. The molecular formula is C23H19F2N5O2. The van der Waals surface area contributed by atoms with Gasteiger partial charge in [0.05, 0.1) is 22.6 Å². The van der Waals surface area contributed by atoms with Gasteiger partial charge in [0, 0.05) is 23.7 Å². The van der Waals surface area contributed by atoms with Crippen molar-refractivity contribution >= 4 is 11.6 Å². The highest BCUT2D eigenvalue weighted by Crippen LogP contribution is 2.36. The van der Waals surface area contributed by atoms with Crippen molar-refractivity contribution in [2.45, 2.75) is 32.1 Å². The van der Waals surface area contributed by atoms with Crippen LogP contribution in [0.25, 0.3) is 17.1 Å². The van der Waals surface area contributed by atoms with Gasteiger partial charge in [-0.15, -0.1) is 0 Å². The number of benzene rings is 2. The van der Waals surface area contributed by atoms with Gasteiger partial charge in [-0.2, -0.15) is 10.1 Å². The average Bonchev–Trinajstić information content (AvgIpc) is 3.36. The van der Waals surface area contributed by atoms with Crippen LogP contribution in [0.2, 0.25) is 0 Å². The van der Waals surface area contributed by atoms with Gasteiger partial charge in [-0.05, 0) is 56.2 Å². The smallest absolute Gasteiger partial charge is 0.259 e. The summed E-state index contributed by atoms with van der Waals surface area (Å²) in [4.78, 5) is 17.1.